The number of primary sulfonamides is 1. The minimum atomic E-state index is -3.54. The van der Waals surface area contributed by atoms with Crippen LogP contribution in [0.25, 0.3) is 0 Å². The molecular formula is C13H16N4O3S. The second-order valence-electron chi connectivity index (χ2n) is 4.57. The van der Waals surface area contributed by atoms with Crippen molar-refractivity contribution in [2.45, 2.75) is 18.7 Å². The van der Waals surface area contributed by atoms with E-state index in [1.54, 1.807) is 47.4 Å². The van der Waals surface area contributed by atoms with Crippen LogP contribution in [0, 0.1) is 0 Å². The number of sulfonamides is 1. The molecule has 2 rings (SSSR count). The van der Waals surface area contributed by atoms with Gasteiger partial charge in [0.1, 0.15) is 0 Å². The first-order valence-electron chi connectivity index (χ1n) is 6.29. The maximum absolute atomic E-state index is 11.8. The van der Waals surface area contributed by atoms with Crippen molar-refractivity contribution in [3.05, 3.63) is 48.3 Å². The average Bonchev–Trinajstić information content (AvgIpc) is 2.90. The highest BCUT2D eigenvalue weighted by Crippen LogP contribution is 2.11. The Balaban J connectivity index is 1.86. The van der Waals surface area contributed by atoms with Crippen LogP contribution in [0.1, 0.15) is 12.0 Å². The van der Waals surface area contributed by atoms with Crippen LogP contribution in [0.15, 0.2) is 42.7 Å². The number of aromatic nitrogens is 2. The Bertz CT molecular complexity index is 694. The standard InChI is InChI=1S/C13H16N4O3S/c14-21(19,20)10-11-2-4-12(5-3-11)16-13(18)6-9-17-8-1-7-15-17/h1-5,7-8H,6,9-10H2,(H,16,18)(H2,14,19,20). The molecule has 0 aliphatic carbocycles. The molecule has 0 saturated heterocycles. The SMILES string of the molecule is NS(=O)(=O)Cc1ccc(NC(=O)CCn2cccn2)cc1. The zero-order chi connectivity index (χ0) is 15.3. The van der Waals surface area contributed by atoms with Gasteiger partial charge in [0.15, 0.2) is 0 Å². The number of benzene rings is 1. The number of nitrogens with one attached hydrogen (secondary N) is 1. The van der Waals surface area contributed by atoms with Gasteiger partial charge in [-0.15, -0.1) is 0 Å². The molecule has 7 nitrogen and oxygen atoms in total. The fourth-order valence-electron chi connectivity index (χ4n) is 1.79. The summed E-state index contributed by atoms with van der Waals surface area (Å²) in [7, 11) is -3.54. The smallest absolute Gasteiger partial charge is 0.226 e. The van der Waals surface area contributed by atoms with Crippen LogP contribution in [0.2, 0.25) is 0 Å². The van der Waals surface area contributed by atoms with E-state index in [1.165, 1.54) is 0 Å². The lowest BCUT2D eigenvalue weighted by atomic mass is 10.2. The predicted molar refractivity (Wildman–Crippen MR) is 78.7 cm³/mol. The highest BCUT2D eigenvalue weighted by Gasteiger charge is 2.06. The largest absolute Gasteiger partial charge is 0.326 e. The summed E-state index contributed by atoms with van der Waals surface area (Å²) in [5, 5.41) is 11.7. The van der Waals surface area contributed by atoms with E-state index in [4.69, 9.17) is 5.14 Å². The van der Waals surface area contributed by atoms with Crippen molar-refractivity contribution < 1.29 is 13.2 Å². The van der Waals surface area contributed by atoms with E-state index >= 15 is 0 Å². The molecule has 0 aliphatic rings. The van der Waals surface area contributed by atoms with E-state index in [0.29, 0.717) is 24.2 Å². The van der Waals surface area contributed by atoms with Crippen LogP contribution in [0.3, 0.4) is 0 Å². The molecule has 112 valence electrons. The molecular weight excluding hydrogens is 292 g/mol. The van der Waals surface area contributed by atoms with Gasteiger partial charge in [-0.1, -0.05) is 12.1 Å². The first kappa shape index (κ1) is 15.2. The number of hydrogen-bond acceptors (Lipinski definition) is 4. The van der Waals surface area contributed by atoms with Gasteiger partial charge in [0.25, 0.3) is 0 Å². The Morgan fingerprint density at radius 3 is 2.57 bits per heavy atom. The van der Waals surface area contributed by atoms with Crippen LogP contribution in [0.4, 0.5) is 5.69 Å². The van der Waals surface area contributed by atoms with E-state index in [2.05, 4.69) is 10.4 Å². The van der Waals surface area contributed by atoms with Crippen molar-refractivity contribution >= 4 is 21.6 Å². The molecule has 1 amide bonds. The molecule has 21 heavy (non-hydrogen) atoms. The molecule has 1 aromatic carbocycles. The molecule has 1 aromatic heterocycles. The van der Waals surface area contributed by atoms with Gasteiger partial charge in [0.05, 0.1) is 5.75 Å². The van der Waals surface area contributed by atoms with Gasteiger partial charge in [0.2, 0.25) is 15.9 Å². The summed E-state index contributed by atoms with van der Waals surface area (Å²) in [6.45, 7) is 0.502. The maximum atomic E-state index is 11.8. The number of nitrogens with zero attached hydrogens (tertiary/aromatic N) is 2. The Morgan fingerprint density at radius 1 is 1.29 bits per heavy atom. The van der Waals surface area contributed by atoms with E-state index in [-0.39, 0.29) is 11.7 Å². The number of carbonyl (C=O) groups excluding carboxylic acids is 1. The van der Waals surface area contributed by atoms with Gasteiger partial charge in [-0.3, -0.25) is 9.48 Å². The summed E-state index contributed by atoms with van der Waals surface area (Å²) in [4.78, 5) is 11.8. The van der Waals surface area contributed by atoms with Crippen molar-refractivity contribution in [3.8, 4) is 0 Å². The van der Waals surface area contributed by atoms with Gasteiger partial charge in [-0.2, -0.15) is 5.10 Å². The van der Waals surface area contributed by atoms with Gasteiger partial charge in [-0.05, 0) is 23.8 Å². The Kier molecular flexibility index (Phi) is 4.71. The quantitative estimate of drug-likeness (QED) is 0.819. The monoisotopic (exact) mass is 308 g/mol. The van der Waals surface area contributed by atoms with Crippen molar-refractivity contribution in [2.24, 2.45) is 5.14 Å². The topological polar surface area (TPSA) is 107 Å². The molecule has 3 N–H and O–H groups in total. The molecule has 1 heterocycles. The van der Waals surface area contributed by atoms with E-state index in [0.717, 1.165) is 0 Å². The third-order valence-corrected chi connectivity index (χ3v) is 3.47. The van der Waals surface area contributed by atoms with Crippen LogP contribution in [-0.4, -0.2) is 24.1 Å². The first-order valence-corrected chi connectivity index (χ1v) is 8.01. The van der Waals surface area contributed by atoms with Gasteiger partial charge in [-0.25, -0.2) is 13.6 Å². The minimum Gasteiger partial charge on any atom is -0.326 e. The molecule has 0 saturated carbocycles. The Morgan fingerprint density at radius 2 is 2.00 bits per heavy atom. The van der Waals surface area contributed by atoms with E-state index < -0.39 is 10.0 Å². The van der Waals surface area contributed by atoms with E-state index in [1.807, 2.05) is 0 Å². The number of amides is 1. The molecule has 0 atom stereocenters. The summed E-state index contributed by atoms with van der Waals surface area (Å²) in [6.07, 6.45) is 3.75. The number of rotatable bonds is 6. The first-order chi connectivity index (χ1) is 9.92. The molecule has 0 radical (unpaired) electrons. The molecule has 0 fully saturated rings. The highest BCUT2D eigenvalue weighted by atomic mass is 32.2. The Hall–Kier alpha value is -2.19. The van der Waals surface area contributed by atoms with Crippen molar-refractivity contribution in [1.29, 1.82) is 0 Å². The van der Waals surface area contributed by atoms with Gasteiger partial charge in [0, 0.05) is 31.0 Å². The lowest BCUT2D eigenvalue weighted by Gasteiger charge is -2.06. The maximum Gasteiger partial charge on any atom is 0.226 e. The second-order valence-corrected chi connectivity index (χ2v) is 6.19. The molecule has 2 aromatic rings. The van der Waals surface area contributed by atoms with Crippen LogP contribution in [0.5, 0.6) is 0 Å². The summed E-state index contributed by atoms with van der Waals surface area (Å²) in [5.74, 6) is -0.356. The zero-order valence-electron chi connectivity index (χ0n) is 11.3. The number of anilines is 1. The third-order valence-electron chi connectivity index (χ3n) is 2.73. The van der Waals surface area contributed by atoms with E-state index in [9.17, 15) is 13.2 Å². The minimum absolute atomic E-state index is 0.135. The Labute approximate surface area is 122 Å². The average molecular weight is 308 g/mol. The predicted octanol–water partition coefficient (Wildman–Crippen LogP) is 0.700. The van der Waals surface area contributed by atoms with Crippen molar-refractivity contribution in [3.63, 3.8) is 0 Å². The summed E-state index contributed by atoms with van der Waals surface area (Å²) in [6, 6.07) is 8.32. The van der Waals surface area contributed by atoms with Crippen LogP contribution >= 0.6 is 0 Å². The molecule has 0 bridgehead atoms. The zero-order valence-corrected chi connectivity index (χ0v) is 12.1. The normalized spacial score (nSPS) is 11.3. The van der Waals surface area contributed by atoms with Crippen LogP contribution < -0.4 is 10.5 Å². The fraction of sp³-hybridized carbons (Fsp3) is 0.231. The van der Waals surface area contributed by atoms with Crippen molar-refractivity contribution in [2.75, 3.05) is 5.32 Å². The van der Waals surface area contributed by atoms with Gasteiger partial charge >= 0.3 is 0 Å². The summed E-state index contributed by atoms with van der Waals surface area (Å²) < 4.78 is 23.6. The summed E-state index contributed by atoms with van der Waals surface area (Å²) in [5.41, 5.74) is 1.19. The molecule has 0 aliphatic heterocycles. The van der Waals surface area contributed by atoms with Gasteiger partial charge < -0.3 is 5.32 Å². The third kappa shape index (κ3) is 5.36. The molecule has 0 unspecified atom stereocenters. The lowest BCUT2D eigenvalue weighted by molar-refractivity contribution is -0.116. The molecule has 0 spiro atoms. The summed E-state index contributed by atoms with van der Waals surface area (Å²) >= 11 is 0. The number of aryl methyl sites for hydroxylation is 1. The fourth-order valence-corrected chi connectivity index (χ4v) is 2.45. The second kappa shape index (κ2) is 6.51. The lowest BCUT2D eigenvalue weighted by Crippen LogP contribution is -2.15. The van der Waals surface area contributed by atoms with Crippen molar-refractivity contribution in [1.82, 2.24) is 9.78 Å². The number of hydrogen-bond donors (Lipinski definition) is 2. The highest BCUT2D eigenvalue weighted by molar-refractivity contribution is 7.88. The number of carbonyl (C=O) groups is 1. The van der Waals surface area contributed by atoms with Crippen LogP contribution in [-0.2, 0) is 27.1 Å². The number of nitrogens with two attached hydrogens (primary N) is 1. The molecule has 8 heteroatoms.